The number of benzene rings is 1. The molecular weight excluding hydrogens is 408 g/mol. The normalized spacial score (nSPS) is 24.1. The van der Waals surface area contributed by atoms with Crippen LogP contribution in [0, 0.1) is 6.92 Å². The van der Waals surface area contributed by atoms with Gasteiger partial charge in [-0.1, -0.05) is 69.7 Å². The maximum atomic E-state index is 8.86. The van der Waals surface area contributed by atoms with Gasteiger partial charge in [0.1, 0.15) is 0 Å². The molecule has 1 saturated heterocycles. The second-order valence-electron chi connectivity index (χ2n) is 3.84. The highest BCUT2D eigenvalue weighted by atomic mass is 28.5. The van der Waals surface area contributed by atoms with Crippen molar-refractivity contribution in [2.24, 2.45) is 0 Å². The number of rotatable bonds is 0. The summed E-state index contributed by atoms with van der Waals surface area (Å²) in [6, 6.07) is 10.3. The van der Waals surface area contributed by atoms with E-state index >= 15 is 0 Å². The Morgan fingerprint density at radius 1 is 0.731 bits per heavy atom. The first-order chi connectivity index (χ1) is 12.4. The highest BCUT2D eigenvalue weighted by Crippen LogP contribution is 2.00. The number of hydrogen-bond acceptors (Lipinski definition) is 8. The first-order valence-corrected chi connectivity index (χ1v) is 14.2. The van der Waals surface area contributed by atoms with Crippen LogP contribution in [0.5, 0.6) is 0 Å². The highest BCUT2D eigenvalue weighted by Gasteiger charge is 2.33. The van der Waals surface area contributed by atoms with Crippen LogP contribution in [0.3, 0.4) is 0 Å². The molecule has 0 atom stereocenters. The molecule has 1 aliphatic rings. The van der Waals surface area contributed by atoms with Crippen LogP contribution in [0.4, 0.5) is 0 Å². The van der Waals surface area contributed by atoms with E-state index in [1.807, 2.05) is 52.8 Å². The van der Waals surface area contributed by atoms with Crippen molar-refractivity contribution >= 4 is 38.1 Å². The predicted octanol–water partition coefficient (Wildman–Crippen LogP) is 0.144. The van der Waals surface area contributed by atoms with E-state index in [0.717, 1.165) is 0 Å². The van der Waals surface area contributed by atoms with Gasteiger partial charge in [-0.25, -0.2) is 0 Å². The van der Waals surface area contributed by atoms with Gasteiger partial charge in [0.2, 0.25) is 0 Å². The molecule has 1 aliphatic heterocycles. The van der Waals surface area contributed by atoms with E-state index in [1.54, 1.807) is 6.08 Å². The lowest BCUT2D eigenvalue weighted by atomic mass is 10.2. The Morgan fingerprint density at radius 3 is 1.12 bits per heavy atom. The van der Waals surface area contributed by atoms with Gasteiger partial charge in [-0.05, 0) is 13.8 Å². The average molecular weight is 443 g/mol. The van der Waals surface area contributed by atoms with Crippen molar-refractivity contribution in [3.05, 3.63) is 48.6 Å². The third kappa shape index (κ3) is 21.6. The second kappa shape index (κ2) is 22.5. The topological polar surface area (TPSA) is 118 Å². The summed E-state index contributed by atoms with van der Waals surface area (Å²) in [5.41, 5.74) is 1.32. The first-order valence-electron chi connectivity index (χ1n) is 8.31. The monoisotopic (exact) mass is 442 g/mol. The minimum atomic E-state index is -3.03. The molecule has 8 nitrogen and oxygen atoms in total. The zero-order valence-electron chi connectivity index (χ0n) is 16.4. The summed E-state index contributed by atoms with van der Waals surface area (Å²) in [7, 11) is -12.1. The van der Waals surface area contributed by atoms with Crippen molar-refractivity contribution < 1.29 is 35.6 Å². The largest absolute Gasteiger partial charge is 0.466 e. The summed E-state index contributed by atoms with van der Waals surface area (Å²) in [5.74, 6) is 0. The molecule has 0 aromatic heterocycles. The molecule has 0 unspecified atom stereocenters. The van der Waals surface area contributed by atoms with Crippen LogP contribution in [0.15, 0.2) is 43.0 Å². The van der Waals surface area contributed by atoms with Crippen LogP contribution >= 0.6 is 0 Å². The third-order valence-corrected chi connectivity index (χ3v) is 9.32. The zero-order valence-corrected chi connectivity index (χ0v) is 21.0. The lowest BCUT2D eigenvalue weighted by Crippen LogP contribution is -2.49. The van der Waals surface area contributed by atoms with E-state index in [1.165, 1.54) is 5.56 Å². The van der Waals surface area contributed by atoms with Crippen LogP contribution in [0.1, 0.15) is 40.2 Å². The number of hydrogen-bond donors (Lipinski definition) is 4. The lowest BCUT2D eigenvalue weighted by Gasteiger charge is -2.23. The molecule has 26 heavy (non-hydrogen) atoms. The van der Waals surface area contributed by atoms with Gasteiger partial charge in [0.25, 0.3) is 0 Å². The van der Waals surface area contributed by atoms with E-state index in [-0.39, 0.29) is 0 Å². The van der Waals surface area contributed by atoms with Crippen LogP contribution < -0.4 is 0 Å². The van der Waals surface area contributed by atoms with Crippen LogP contribution in [0.25, 0.3) is 0 Å². The SMILES string of the molecule is C=CC.CC.CC.Cc1ccccc1.O[SiH]1O[SiH](O)O[SiH](O)O[SiH](O)O1. The van der Waals surface area contributed by atoms with Gasteiger partial charge < -0.3 is 35.6 Å². The molecule has 0 aliphatic carbocycles. The first kappa shape index (κ1) is 30.2. The summed E-state index contributed by atoms with van der Waals surface area (Å²) >= 11 is 0. The molecule has 1 aromatic rings. The van der Waals surface area contributed by atoms with Gasteiger partial charge >= 0.3 is 38.1 Å². The van der Waals surface area contributed by atoms with Crippen molar-refractivity contribution in [3.63, 3.8) is 0 Å². The summed E-state index contributed by atoms with van der Waals surface area (Å²) in [4.78, 5) is 35.4. The summed E-state index contributed by atoms with van der Waals surface area (Å²) in [6.45, 7) is 15.3. The van der Waals surface area contributed by atoms with Gasteiger partial charge in [0.15, 0.2) is 0 Å². The molecular formula is C14H34O8Si4. The Morgan fingerprint density at radius 2 is 0.962 bits per heavy atom. The molecule has 2 rings (SSSR count). The summed E-state index contributed by atoms with van der Waals surface area (Å²) in [6.07, 6.45) is 1.75. The molecule has 1 heterocycles. The van der Waals surface area contributed by atoms with E-state index < -0.39 is 38.1 Å². The minimum absolute atomic E-state index is 1.32. The van der Waals surface area contributed by atoms with Crippen molar-refractivity contribution in [1.82, 2.24) is 0 Å². The van der Waals surface area contributed by atoms with Gasteiger partial charge in [-0.15, -0.1) is 6.58 Å². The fraction of sp³-hybridized carbons (Fsp3) is 0.429. The van der Waals surface area contributed by atoms with Crippen LogP contribution in [-0.2, 0) is 16.5 Å². The Balaban J connectivity index is -0.000000321. The van der Waals surface area contributed by atoms with E-state index in [9.17, 15) is 0 Å². The Labute approximate surface area is 164 Å². The van der Waals surface area contributed by atoms with E-state index in [4.69, 9.17) is 19.2 Å². The summed E-state index contributed by atoms with van der Waals surface area (Å²) in [5, 5.41) is 0. The number of aryl methyl sites for hydroxylation is 1. The van der Waals surface area contributed by atoms with Crippen molar-refractivity contribution in [2.45, 2.75) is 41.5 Å². The van der Waals surface area contributed by atoms with Crippen molar-refractivity contribution in [2.75, 3.05) is 0 Å². The molecule has 12 heteroatoms. The Kier molecular flexibility index (Phi) is 26.2. The van der Waals surface area contributed by atoms with Crippen LogP contribution in [0.2, 0.25) is 0 Å². The molecule has 0 saturated carbocycles. The van der Waals surface area contributed by atoms with E-state index in [0.29, 0.717) is 0 Å². The van der Waals surface area contributed by atoms with Gasteiger partial charge in [0, 0.05) is 0 Å². The molecule has 154 valence electrons. The van der Waals surface area contributed by atoms with Crippen LogP contribution in [-0.4, -0.2) is 57.3 Å². The summed E-state index contributed by atoms with van der Waals surface area (Å²) < 4.78 is 17.8. The van der Waals surface area contributed by atoms with Crippen molar-refractivity contribution in [1.29, 1.82) is 0 Å². The predicted molar refractivity (Wildman–Crippen MR) is 112 cm³/mol. The molecule has 1 fully saturated rings. The minimum Gasteiger partial charge on any atom is -0.393 e. The average Bonchev–Trinajstić information content (AvgIpc) is 2.58. The fourth-order valence-electron chi connectivity index (χ4n) is 1.06. The molecule has 4 N–H and O–H groups in total. The smallest absolute Gasteiger partial charge is 0.393 e. The highest BCUT2D eigenvalue weighted by molar-refractivity contribution is 6.65. The molecule has 1 aromatic carbocycles. The Bertz CT molecular complexity index is 362. The van der Waals surface area contributed by atoms with Gasteiger partial charge in [-0.2, -0.15) is 0 Å². The standard InChI is InChI=1S/C7H8.C3H6.2C2H6.H8O8Si4/c1-7-5-3-2-4-6-7;1-3-2;2*1-2;1-9-5-10(2)7-12(4)8-11(3)6-9/h2-6H,1H3;3H,1H2,2H3;2*1-2H3;1-4,9-12H. The lowest BCUT2D eigenvalue weighted by molar-refractivity contribution is 0.133. The van der Waals surface area contributed by atoms with Gasteiger partial charge in [-0.3, -0.25) is 0 Å². The number of allylic oxidation sites excluding steroid dienone is 1. The maximum Gasteiger partial charge on any atom is 0.466 e. The quantitative estimate of drug-likeness (QED) is 0.331. The second-order valence-corrected chi connectivity index (χ2v) is 10.6. The maximum absolute atomic E-state index is 8.86. The molecule has 0 amide bonds. The Hall–Kier alpha value is -0.492. The van der Waals surface area contributed by atoms with Crippen molar-refractivity contribution in [3.8, 4) is 0 Å². The fourth-order valence-corrected chi connectivity index (χ4v) is 7.58. The molecule has 0 spiro atoms. The zero-order chi connectivity index (χ0) is 21.0. The van der Waals surface area contributed by atoms with Gasteiger partial charge in [0.05, 0.1) is 0 Å². The molecule has 0 radical (unpaired) electrons. The molecule has 0 bridgehead atoms. The van der Waals surface area contributed by atoms with E-state index in [2.05, 4.69) is 42.1 Å². The third-order valence-electron chi connectivity index (χ3n) is 1.87.